The highest BCUT2D eigenvalue weighted by molar-refractivity contribution is 9.10. The quantitative estimate of drug-likeness (QED) is 0.890. The summed E-state index contributed by atoms with van der Waals surface area (Å²) in [5.41, 5.74) is 8.22. The van der Waals surface area contributed by atoms with Gasteiger partial charge in [0.25, 0.3) is 0 Å². The number of nitrogens with zero attached hydrogens (tertiary/aromatic N) is 2. The van der Waals surface area contributed by atoms with Gasteiger partial charge in [-0.25, -0.2) is 0 Å². The van der Waals surface area contributed by atoms with Crippen molar-refractivity contribution in [3.63, 3.8) is 0 Å². The molecule has 3 rings (SSSR count). The molecule has 2 aromatic carbocycles. The topological polar surface area (TPSA) is 41.6 Å². The van der Waals surface area contributed by atoms with E-state index in [0.29, 0.717) is 17.5 Å². The summed E-state index contributed by atoms with van der Waals surface area (Å²) >= 11 is 9.58. The third-order valence-electron chi connectivity index (χ3n) is 3.34. The Morgan fingerprint density at radius 3 is 2.65 bits per heavy atom. The van der Waals surface area contributed by atoms with Crippen LogP contribution in [0, 0.1) is 0 Å². The van der Waals surface area contributed by atoms with Gasteiger partial charge in [0, 0.05) is 15.2 Å². The summed E-state index contributed by atoms with van der Waals surface area (Å²) in [5, 5.41) is 0.707. The molecule has 2 N–H and O–H groups in total. The fraction of sp³-hybridized carbons (Fsp3) is 0.133. The van der Waals surface area contributed by atoms with Gasteiger partial charge in [-0.05, 0) is 29.8 Å². The molecule has 0 saturated carbocycles. The molecule has 0 spiro atoms. The molecule has 0 aromatic heterocycles. The first-order valence-corrected chi connectivity index (χ1v) is 7.43. The molecule has 102 valence electrons. The summed E-state index contributed by atoms with van der Waals surface area (Å²) in [6.45, 7) is 0.640. The first-order valence-electron chi connectivity index (χ1n) is 6.26. The van der Waals surface area contributed by atoms with Gasteiger partial charge in [-0.1, -0.05) is 51.8 Å². The average molecular weight is 351 g/mol. The van der Waals surface area contributed by atoms with Crippen molar-refractivity contribution in [3.8, 4) is 0 Å². The van der Waals surface area contributed by atoms with Crippen molar-refractivity contribution < 1.29 is 0 Å². The van der Waals surface area contributed by atoms with Crippen molar-refractivity contribution in [1.82, 2.24) is 0 Å². The van der Waals surface area contributed by atoms with Crippen LogP contribution in [0.5, 0.6) is 0 Å². The van der Waals surface area contributed by atoms with Crippen molar-refractivity contribution in [2.45, 2.75) is 6.04 Å². The van der Waals surface area contributed by atoms with Crippen LogP contribution in [0.1, 0.15) is 11.6 Å². The molecule has 5 heteroatoms. The van der Waals surface area contributed by atoms with Gasteiger partial charge in [0.1, 0.15) is 0 Å². The van der Waals surface area contributed by atoms with Crippen LogP contribution in [0.4, 0.5) is 5.69 Å². The summed E-state index contributed by atoms with van der Waals surface area (Å²) in [4.78, 5) is 6.43. The summed E-state index contributed by atoms with van der Waals surface area (Å²) in [6.07, 6.45) is 0. The summed E-state index contributed by atoms with van der Waals surface area (Å²) in [7, 11) is 0. The monoisotopic (exact) mass is 349 g/mol. The molecule has 0 saturated heterocycles. The number of aliphatic imine (C=N–C) groups is 1. The van der Waals surface area contributed by atoms with E-state index >= 15 is 0 Å². The number of rotatable bonds is 2. The highest BCUT2D eigenvalue weighted by atomic mass is 79.9. The Kier molecular flexibility index (Phi) is 3.68. The molecule has 2 aromatic rings. The number of guanidine groups is 1. The largest absolute Gasteiger partial charge is 0.369 e. The zero-order chi connectivity index (χ0) is 14.1. The molecule has 0 amide bonds. The summed E-state index contributed by atoms with van der Waals surface area (Å²) in [6, 6.07) is 15.9. The van der Waals surface area contributed by atoms with Crippen LogP contribution in [-0.4, -0.2) is 12.5 Å². The van der Waals surface area contributed by atoms with Crippen LogP contribution >= 0.6 is 27.5 Å². The Morgan fingerprint density at radius 1 is 1.20 bits per heavy atom. The number of benzene rings is 2. The van der Waals surface area contributed by atoms with Crippen molar-refractivity contribution in [1.29, 1.82) is 0 Å². The lowest BCUT2D eigenvalue weighted by Crippen LogP contribution is -2.36. The molecular weight excluding hydrogens is 338 g/mol. The van der Waals surface area contributed by atoms with Gasteiger partial charge in [0.05, 0.1) is 12.6 Å². The van der Waals surface area contributed by atoms with Gasteiger partial charge in [0.2, 0.25) is 0 Å². The van der Waals surface area contributed by atoms with Crippen molar-refractivity contribution in [3.05, 3.63) is 63.6 Å². The number of nitrogens with two attached hydrogens (primary N) is 1. The SMILES string of the molecule is NC1=NCC(c2ccc(Cl)cc2Br)N1c1ccccc1. The third kappa shape index (κ3) is 2.41. The maximum atomic E-state index is 6.05. The Labute approximate surface area is 131 Å². The normalized spacial score (nSPS) is 18.2. The maximum absolute atomic E-state index is 6.05. The molecule has 0 bridgehead atoms. The van der Waals surface area contributed by atoms with E-state index in [1.807, 2.05) is 53.4 Å². The van der Waals surface area contributed by atoms with Crippen LogP contribution in [0.3, 0.4) is 0 Å². The van der Waals surface area contributed by atoms with Gasteiger partial charge in [-0.2, -0.15) is 0 Å². The molecule has 1 unspecified atom stereocenters. The molecule has 1 aliphatic rings. The van der Waals surface area contributed by atoms with Crippen LogP contribution in [0.15, 0.2) is 58.0 Å². The zero-order valence-electron chi connectivity index (χ0n) is 10.6. The van der Waals surface area contributed by atoms with Gasteiger partial charge >= 0.3 is 0 Å². The van der Waals surface area contributed by atoms with Crippen LogP contribution in [0.25, 0.3) is 0 Å². The van der Waals surface area contributed by atoms with Crippen LogP contribution in [-0.2, 0) is 0 Å². The van der Waals surface area contributed by atoms with Crippen LogP contribution in [0.2, 0.25) is 5.02 Å². The Bertz CT molecular complexity index is 657. The first kappa shape index (κ1) is 13.5. The Morgan fingerprint density at radius 2 is 1.95 bits per heavy atom. The standard InChI is InChI=1S/C15H13BrClN3/c16-13-8-10(17)6-7-12(13)14-9-19-15(18)20(14)11-4-2-1-3-5-11/h1-8,14H,9H2,(H2,18,19). The predicted molar refractivity (Wildman–Crippen MR) is 87.3 cm³/mol. The molecule has 1 atom stereocenters. The summed E-state index contributed by atoms with van der Waals surface area (Å²) < 4.78 is 0.973. The van der Waals surface area contributed by atoms with E-state index in [1.54, 1.807) is 0 Å². The second-order valence-corrected chi connectivity index (χ2v) is 5.88. The van der Waals surface area contributed by atoms with Gasteiger partial charge in [-0.15, -0.1) is 0 Å². The fourth-order valence-corrected chi connectivity index (χ4v) is 3.35. The van der Waals surface area contributed by atoms with E-state index in [9.17, 15) is 0 Å². The van der Waals surface area contributed by atoms with Gasteiger partial charge in [-0.3, -0.25) is 4.99 Å². The highest BCUT2D eigenvalue weighted by Crippen LogP contribution is 2.35. The number of hydrogen-bond acceptors (Lipinski definition) is 3. The number of para-hydroxylation sites is 1. The van der Waals surface area contributed by atoms with Gasteiger partial charge in [0.15, 0.2) is 5.96 Å². The van der Waals surface area contributed by atoms with E-state index < -0.39 is 0 Å². The predicted octanol–water partition coefficient (Wildman–Crippen LogP) is 3.98. The van der Waals surface area contributed by atoms with E-state index in [4.69, 9.17) is 17.3 Å². The molecule has 20 heavy (non-hydrogen) atoms. The lowest BCUT2D eigenvalue weighted by atomic mass is 10.1. The highest BCUT2D eigenvalue weighted by Gasteiger charge is 2.29. The van der Waals surface area contributed by atoms with Crippen molar-refractivity contribution in [2.75, 3.05) is 11.4 Å². The first-order chi connectivity index (χ1) is 9.66. The number of anilines is 1. The van der Waals surface area contributed by atoms with Crippen molar-refractivity contribution in [2.24, 2.45) is 10.7 Å². The number of hydrogen-bond donors (Lipinski definition) is 1. The minimum atomic E-state index is 0.0871. The molecule has 0 aliphatic carbocycles. The minimum absolute atomic E-state index is 0.0871. The van der Waals surface area contributed by atoms with Crippen LogP contribution < -0.4 is 10.6 Å². The van der Waals surface area contributed by atoms with Crippen molar-refractivity contribution >= 4 is 39.2 Å². The van der Waals surface area contributed by atoms with Gasteiger partial charge < -0.3 is 10.6 Å². The van der Waals surface area contributed by atoms with E-state index in [0.717, 1.165) is 15.7 Å². The molecule has 1 aliphatic heterocycles. The van der Waals surface area contributed by atoms with E-state index in [-0.39, 0.29) is 6.04 Å². The second-order valence-electron chi connectivity index (χ2n) is 4.59. The fourth-order valence-electron chi connectivity index (χ4n) is 2.41. The summed E-state index contributed by atoms with van der Waals surface area (Å²) in [5.74, 6) is 0.544. The Hall–Kier alpha value is -1.52. The smallest absolute Gasteiger partial charge is 0.196 e. The molecular formula is C15H13BrClN3. The zero-order valence-corrected chi connectivity index (χ0v) is 13.0. The third-order valence-corrected chi connectivity index (χ3v) is 4.26. The molecule has 0 radical (unpaired) electrons. The maximum Gasteiger partial charge on any atom is 0.196 e. The molecule has 3 nitrogen and oxygen atoms in total. The van der Waals surface area contributed by atoms with E-state index in [1.165, 1.54) is 0 Å². The Balaban J connectivity index is 2.01. The van der Waals surface area contributed by atoms with E-state index in [2.05, 4.69) is 20.9 Å². The number of halogens is 2. The lowest BCUT2D eigenvalue weighted by Gasteiger charge is -2.27. The lowest BCUT2D eigenvalue weighted by molar-refractivity contribution is 0.765. The minimum Gasteiger partial charge on any atom is -0.369 e. The molecule has 1 heterocycles. The second kappa shape index (κ2) is 5.46. The average Bonchev–Trinajstić information content (AvgIpc) is 2.81. The molecule has 0 fully saturated rings.